The minimum atomic E-state index is -2.98. The van der Waals surface area contributed by atoms with Crippen molar-refractivity contribution in [1.29, 1.82) is 0 Å². The van der Waals surface area contributed by atoms with Crippen molar-refractivity contribution in [2.24, 2.45) is 39.9 Å². The van der Waals surface area contributed by atoms with Crippen LogP contribution in [-0.4, -0.2) is 55.9 Å². The third-order valence-electron chi connectivity index (χ3n) is 10.6. The number of rotatable bonds is 3. The van der Waals surface area contributed by atoms with Crippen LogP contribution in [0.2, 0.25) is 0 Å². The number of phenolic OH excluding ortho intramolecular Hbond substituents is 1. The minimum absolute atomic E-state index is 0.0465. The first-order valence-corrected chi connectivity index (χ1v) is 14.9. The number of aliphatic hydroxyl groups is 2. The molecule has 3 aliphatic carbocycles. The maximum absolute atomic E-state index is 14.7. The van der Waals surface area contributed by atoms with Crippen LogP contribution in [0.15, 0.2) is 12.1 Å². The molecule has 0 spiro atoms. The summed E-state index contributed by atoms with van der Waals surface area (Å²) in [6, 6.07) is 3.53. The van der Waals surface area contributed by atoms with E-state index in [1.54, 1.807) is 32.9 Å². The van der Waals surface area contributed by atoms with Gasteiger partial charge in [-0.3, -0.25) is 24.0 Å². The van der Waals surface area contributed by atoms with Crippen LogP contribution < -0.4 is 0 Å². The molecule has 4 rings (SSSR count). The fourth-order valence-corrected chi connectivity index (χ4v) is 8.74. The quantitative estimate of drug-likeness (QED) is 0.446. The highest BCUT2D eigenvalue weighted by molar-refractivity contribution is 6.33. The van der Waals surface area contributed by atoms with Crippen molar-refractivity contribution in [2.45, 2.75) is 106 Å². The molecule has 3 aliphatic rings. The highest BCUT2D eigenvalue weighted by Crippen LogP contribution is 2.68. The summed E-state index contributed by atoms with van der Waals surface area (Å²) in [5, 5.41) is 36.4. The van der Waals surface area contributed by atoms with Crippen molar-refractivity contribution in [1.82, 2.24) is 0 Å². The maximum atomic E-state index is 14.7. The van der Waals surface area contributed by atoms with Gasteiger partial charge in [0.05, 0.1) is 17.6 Å². The summed E-state index contributed by atoms with van der Waals surface area (Å²) in [6.45, 7) is 19.1. The lowest BCUT2D eigenvalue weighted by Crippen LogP contribution is -2.82. The van der Waals surface area contributed by atoms with E-state index in [2.05, 4.69) is 0 Å². The Balaban J connectivity index is 2.14. The van der Waals surface area contributed by atoms with Crippen molar-refractivity contribution in [3.8, 4) is 5.75 Å². The monoisotopic (exact) mass is 582 g/mol. The number of ketones is 5. The predicted octanol–water partition coefficient (Wildman–Crippen LogP) is 4.34. The number of Topliss-reactive ketones (excluding diaryl/α,β-unsaturated/α-hetero) is 5. The second-order valence-electron chi connectivity index (χ2n) is 15.9. The Morgan fingerprint density at radius 1 is 0.976 bits per heavy atom. The lowest BCUT2D eigenvalue weighted by atomic mass is 9.36. The summed E-state index contributed by atoms with van der Waals surface area (Å²) in [4.78, 5) is 69.7. The molecule has 0 aliphatic heterocycles. The lowest BCUT2D eigenvalue weighted by Gasteiger charge is -2.66. The number of carbonyl (C=O) groups is 5. The van der Waals surface area contributed by atoms with Crippen molar-refractivity contribution in [3.63, 3.8) is 0 Å². The summed E-state index contributed by atoms with van der Waals surface area (Å²) in [6.07, 6.45) is -1.29. The van der Waals surface area contributed by atoms with Crippen LogP contribution in [0.4, 0.5) is 0 Å². The molecular formula is C34H46O8. The zero-order valence-electron chi connectivity index (χ0n) is 26.7. The highest BCUT2D eigenvalue weighted by atomic mass is 16.3. The number of hydrogen-bond donors (Lipinski definition) is 3. The molecule has 0 amide bonds. The molecule has 0 heterocycles. The largest absolute Gasteiger partial charge is 0.507 e. The molecule has 2 saturated carbocycles. The Hall–Kier alpha value is -2.71. The van der Waals surface area contributed by atoms with E-state index < -0.39 is 86.5 Å². The Kier molecular flexibility index (Phi) is 7.20. The molecule has 230 valence electrons. The summed E-state index contributed by atoms with van der Waals surface area (Å²) >= 11 is 0. The number of phenols is 1. The molecule has 1 aromatic carbocycles. The molecule has 3 N–H and O–H groups in total. The van der Waals surface area contributed by atoms with Gasteiger partial charge in [0.15, 0.2) is 28.7 Å². The molecule has 8 atom stereocenters. The number of fused-ring (bicyclic) bond motifs is 3. The second kappa shape index (κ2) is 9.39. The fourth-order valence-electron chi connectivity index (χ4n) is 8.74. The average molecular weight is 583 g/mol. The fraction of sp³-hybridized carbons (Fsp3) is 0.676. The Bertz CT molecular complexity index is 1410. The third kappa shape index (κ3) is 3.89. The van der Waals surface area contributed by atoms with Crippen molar-refractivity contribution < 1.29 is 39.3 Å². The summed E-state index contributed by atoms with van der Waals surface area (Å²) in [5.41, 5.74) is -6.55. The Labute approximate surface area is 248 Å². The molecule has 8 nitrogen and oxygen atoms in total. The molecule has 3 unspecified atom stereocenters. The van der Waals surface area contributed by atoms with Crippen LogP contribution in [0.5, 0.6) is 5.75 Å². The molecule has 0 aromatic heterocycles. The number of aromatic hydroxyl groups is 1. The van der Waals surface area contributed by atoms with Crippen LogP contribution in [-0.2, 0) is 24.6 Å². The predicted molar refractivity (Wildman–Crippen MR) is 156 cm³/mol. The molecule has 0 radical (unpaired) electrons. The number of benzene rings is 1. The standard InChI is InChI=1S/C34H46O8/c1-15(2)22-25(37)20(16(3)35)27(39)34(42)28(40)23-26(38)21-17(12-13-18(24(21)36)31(7,8)9)19(14-30(4,5)6)32(23,10)29(41)33(22,34)11/h12-13,15,19-20,22-23,29,36,41-42H,14H2,1-11H3/t19-,20?,22?,23?,29-,32+,33+,34+/m1/s1. The lowest BCUT2D eigenvalue weighted by molar-refractivity contribution is -0.242. The van der Waals surface area contributed by atoms with Crippen LogP contribution >= 0.6 is 0 Å². The third-order valence-corrected chi connectivity index (χ3v) is 10.6. The molecule has 42 heavy (non-hydrogen) atoms. The van der Waals surface area contributed by atoms with E-state index in [-0.39, 0.29) is 16.7 Å². The first-order valence-electron chi connectivity index (χ1n) is 14.9. The van der Waals surface area contributed by atoms with Crippen LogP contribution in [0.25, 0.3) is 0 Å². The first kappa shape index (κ1) is 32.2. The number of aliphatic hydroxyl groups excluding tert-OH is 1. The van der Waals surface area contributed by atoms with Crippen molar-refractivity contribution in [2.75, 3.05) is 0 Å². The summed E-state index contributed by atoms with van der Waals surface area (Å²) < 4.78 is 0. The Morgan fingerprint density at radius 3 is 1.98 bits per heavy atom. The van der Waals surface area contributed by atoms with Crippen molar-refractivity contribution in [3.05, 3.63) is 28.8 Å². The highest BCUT2D eigenvalue weighted by Gasteiger charge is 2.81. The number of hydrogen-bond acceptors (Lipinski definition) is 8. The zero-order chi connectivity index (χ0) is 32.3. The van der Waals surface area contributed by atoms with E-state index in [1.165, 1.54) is 6.92 Å². The van der Waals surface area contributed by atoms with Gasteiger partial charge in [-0.05, 0) is 47.1 Å². The maximum Gasteiger partial charge on any atom is 0.191 e. The van der Waals surface area contributed by atoms with Gasteiger partial charge >= 0.3 is 0 Å². The van der Waals surface area contributed by atoms with Gasteiger partial charge in [0, 0.05) is 16.7 Å². The van der Waals surface area contributed by atoms with Gasteiger partial charge in [-0.25, -0.2) is 0 Å². The molecule has 1 aromatic rings. The van der Waals surface area contributed by atoms with Gasteiger partial charge in [0.2, 0.25) is 0 Å². The van der Waals surface area contributed by atoms with Gasteiger partial charge in [-0.2, -0.15) is 0 Å². The van der Waals surface area contributed by atoms with Crippen LogP contribution in [0, 0.1) is 39.9 Å². The van der Waals surface area contributed by atoms with E-state index in [4.69, 9.17) is 0 Å². The van der Waals surface area contributed by atoms with E-state index in [9.17, 15) is 39.3 Å². The zero-order valence-corrected chi connectivity index (χ0v) is 26.7. The van der Waals surface area contributed by atoms with Gasteiger partial charge in [-0.1, -0.05) is 81.4 Å². The van der Waals surface area contributed by atoms with Gasteiger partial charge < -0.3 is 15.3 Å². The number of carbonyl (C=O) groups excluding carboxylic acids is 5. The van der Waals surface area contributed by atoms with E-state index >= 15 is 0 Å². The second-order valence-corrected chi connectivity index (χ2v) is 15.9. The van der Waals surface area contributed by atoms with Gasteiger partial charge in [-0.15, -0.1) is 0 Å². The molecule has 2 fully saturated rings. The topological polar surface area (TPSA) is 146 Å². The summed E-state index contributed by atoms with van der Waals surface area (Å²) in [7, 11) is 0. The van der Waals surface area contributed by atoms with E-state index in [0.717, 1.165) is 6.92 Å². The Morgan fingerprint density at radius 2 is 1.52 bits per heavy atom. The van der Waals surface area contributed by atoms with Crippen molar-refractivity contribution >= 4 is 28.9 Å². The molecule has 0 saturated heterocycles. The average Bonchev–Trinajstić information content (AvgIpc) is 2.81. The van der Waals surface area contributed by atoms with Gasteiger partial charge in [0.25, 0.3) is 0 Å². The molecule has 8 heteroatoms. The van der Waals surface area contributed by atoms with Crippen LogP contribution in [0.1, 0.15) is 110 Å². The van der Waals surface area contributed by atoms with Crippen LogP contribution in [0.3, 0.4) is 0 Å². The molecule has 0 bridgehead atoms. The van der Waals surface area contributed by atoms with E-state index in [0.29, 0.717) is 17.5 Å². The SMILES string of the molecule is CC(=O)C1C(=O)C(C(C)C)[C@@]2(C)[C@H](O)[C@]3(C)C(C(=O)c4c(ccc(C(C)(C)C)c4O)[C@H]3CC(C)(C)C)C(=O)[C@@]2(O)C1=O. The normalized spacial score (nSPS) is 37.0. The first-order chi connectivity index (χ1) is 18.9. The smallest absolute Gasteiger partial charge is 0.191 e. The van der Waals surface area contributed by atoms with Gasteiger partial charge in [0.1, 0.15) is 17.5 Å². The van der Waals surface area contributed by atoms with E-state index in [1.807, 2.05) is 41.5 Å². The minimum Gasteiger partial charge on any atom is -0.507 e. The summed E-state index contributed by atoms with van der Waals surface area (Å²) in [5.74, 6) is -11.0. The molecular weight excluding hydrogens is 536 g/mol.